The monoisotopic (exact) mass is 348 g/mol. The Morgan fingerprint density at radius 3 is 2.94 bits per heavy atom. The lowest BCUT2D eigenvalue weighted by Crippen LogP contribution is -2.11. The van der Waals surface area contributed by atoms with Gasteiger partial charge in [0.1, 0.15) is 5.82 Å². The highest BCUT2D eigenvalue weighted by Gasteiger charge is 2.10. The third-order valence-electron chi connectivity index (χ3n) is 2.77. The van der Waals surface area contributed by atoms with Crippen molar-refractivity contribution in [3.8, 4) is 0 Å². The molecule has 1 atom stereocenters. The average Bonchev–Trinajstić information content (AvgIpc) is 2.73. The molecule has 0 aliphatic heterocycles. The number of aromatic nitrogens is 2. The highest BCUT2D eigenvalue weighted by molar-refractivity contribution is 9.10. The van der Waals surface area contributed by atoms with Gasteiger partial charge < -0.3 is 4.57 Å². The minimum atomic E-state index is -0.774. The Morgan fingerprint density at radius 1 is 1.50 bits per heavy atom. The van der Waals surface area contributed by atoms with E-state index < -0.39 is 10.8 Å². The highest BCUT2D eigenvalue weighted by atomic mass is 79.9. The Labute approximate surface area is 122 Å². The van der Waals surface area contributed by atoms with E-state index in [1.54, 1.807) is 0 Å². The van der Waals surface area contributed by atoms with Crippen LogP contribution in [0.5, 0.6) is 0 Å². The molecule has 0 saturated carbocycles. The molecule has 6 heteroatoms. The van der Waals surface area contributed by atoms with E-state index in [4.69, 9.17) is 11.6 Å². The molecule has 2 rings (SSSR count). The molecule has 0 amide bonds. The van der Waals surface area contributed by atoms with Gasteiger partial charge in [-0.15, -0.1) is 11.6 Å². The lowest BCUT2D eigenvalue weighted by atomic mass is 10.3. The molecule has 0 radical (unpaired) electrons. The predicted molar refractivity (Wildman–Crippen MR) is 80.5 cm³/mol. The van der Waals surface area contributed by atoms with Gasteiger partial charge in [-0.25, -0.2) is 4.98 Å². The Morgan fingerprint density at radius 2 is 2.28 bits per heavy atom. The fraction of sp³-hybridized carbons (Fsp3) is 0.417. The smallest absolute Gasteiger partial charge is 0.124 e. The van der Waals surface area contributed by atoms with Gasteiger partial charge in [-0.05, 0) is 18.2 Å². The van der Waals surface area contributed by atoms with Crippen LogP contribution >= 0.6 is 27.5 Å². The Kier molecular flexibility index (Phi) is 4.81. The van der Waals surface area contributed by atoms with Gasteiger partial charge in [0.25, 0.3) is 0 Å². The average molecular weight is 350 g/mol. The maximum Gasteiger partial charge on any atom is 0.124 e. The van der Waals surface area contributed by atoms with Crippen LogP contribution in [0.15, 0.2) is 22.7 Å². The van der Waals surface area contributed by atoms with Gasteiger partial charge in [0.15, 0.2) is 0 Å². The van der Waals surface area contributed by atoms with Crippen molar-refractivity contribution in [3.05, 3.63) is 28.5 Å². The Hall–Kier alpha value is -0.390. The summed E-state index contributed by atoms with van der Waals surface area (Å²) >= 11 is 9.38. The standard InChI is InChI=1S/C12H14BrClN2OS/c1-2-18(17)6-5-16-11-7-9(13)3-4-10(11)15-12(16)8-14/h3-4,7H,2,5-6,8H2,1H3. The summed E-state index contributed by atoms with van der Waals surface area (Å²) in [6.07, 6.45) is 0. The summed E-state index contributed by atoms with van der Waals surface area (Å²) in [5, 5.41) is 0. The molecule has 3 nitrogen and oxygen atoms in total. The van der Waals surface area contributed by atoms with E-state index in [2.05, 4.69) is 25.5 Å². The molecular formula is C12H14BrClN2OS. The molecular weight excluding hydrogens is 336 g/mol. The van der Waals surface area contributed by atoms with Gasteiger partial charge in [-0.1, -0.05) is 22.9 Å². The predicted octanol–water partition coefficient (Wildman–Crippen LogP) is 3.31. The summed E-state index contributed by atoms with van der Waals surface area (Å²) < 4.78 is 14.6. The molecule has 18 heavy (non-hydrogen) atoms. The normalized spacial score (nSPS) is 13.1. The van der Waals surface area contributed by atoms with Crippen molar-refractivity contribution in [2.45, 2.75) is 19.3 Å². The van der Waals surface area contributed by atoms with Crippen LogP contribution in [0.4, 0.5) is 0 Å². The van der Waals surface area contributed by atoms with E-state index >= 15 is 0 Å². The van der Waals surface area contributed by atoms with Crippen LogP contribution in [0.3, 0.4) is 0 Å². The number of aryl methyl sites for hydroxylation is 1. The van der Waals surface area contributed by atoms with E-state index in [1.807, 2.05) is 25.1 Å². The summed E-state index contributed by atoms with van der Waals surface area (Å²) in [6, 6.07) is 5.94. The van der Waals surface area contributed by atoms with Crippen molar-refractivity contribution in [2.75, 3.05) is 11.5 Å². The molecule has 2 aromatic rings. The lowest BCUT2D eigenvalue weighted by molar-refractivity contribution is 0.673. The van der Waals surface area contributed by atoms with Gasteiger partial charge in [-0.2, -0.15) is 0 Å². The zero-order valence-electron chi connectivity index (χ0n) is 10.0. The van der Waals surface area contributed by atoms with E-state index in [0.717, 1.165) is 21.3 Å². The van der Waals surface area contributed by atoms with Gasteiger partial charge in [0.05, 0.1) is 16.9 Å². The summed E-state index contributed by atoms with van der Waals surface area (Å²) in [6.45, 7) is 2.62. The minimum Gasteiger partial charge on any atom is -0.326 e. The first kappa shape index (κ1) is 14.0. The second-order valence-corrected chi connectivity index (χ2v) is 6.93. The topological polar surface area (TPSA) is 34.9 Å². The third-order valence-corrected chi connectivity index (χ3v) is 4.79. The van der Waals surface area contributed by atoms with Gasteiger partial charge in [0, 0.05) is 33.3 Å². The van der Waals surface area contributed by atoms with Gasteiger partial charge >= 0.3 is 0 Å². The molecule has 0 bridgehead atoms. The fourth-order valence-corrected chi connectivity index (χ4v) is 3.06. The summed E-state index contributed by atoms with van der Waals surface area (Å²) in [5.74, 6) is 2.52. The number of benzene rings is 1. The van der Waals surface area contributed by atoms with Crippen LogP contribution in [0.25, 0.3) is 11.0 Å². The highest BCUT2D eigenvalue weighted by Crippen LogP contribution is 2.22. The van der Waals surface area contributed by atoms with E-state index in [9.17, 15) is 4.21 Å². The third kappa shape index (κ3) is 2.95. The van der Waals surface area contributed by atoms with E-state index in [0.29, 0.717) is 23.9 Å². The molecule has 1 heterocycles. The second kappa shape index (κ2) is 6.17. The summed E-state index contributed by atoms with van der Waals surface area (Å²) in [7, 11) is -0.774. The zero-order chi connectivity index (χ0) is 13.1. The molecule has 0 aliphatic carbocycles. The second-order valence-electron chi connectivity index (χ2n) is 3.88. The SMILES string of the molecule is CCS(=O)CCn1c(CCl)nc2ccc(Br)cc21. The van der Waals surface area contributed by atoms with Gasteiger partial charge in [-0.3, -0.25) is 4.21 Å². The number of hydrogen-bond donors (Lipinski definition) is 0. The lowest BCUT2D eigenvalue weighted by Gasteiger charge is -2.07. The molecule has 0 N–H and O–H groups in total. The van der Waals surface area contributed by atoms with Crippen molar-refractivity contribution in [2.24, 2.45) is 0 Å². The first-order chi connectivity index (χ1) is 8.65. The van der Waals surface area contributed by atoms with Crippen molar-refractivity contribution >= 4 is 49.4 Å². The molecule has 0 fully saturated rings. The van der Waals surface area contributed by atoms with Crippen LogP contribution in [0.2, 0.25) is 0 Å². The van der Waals surface area contributed by atoms with Crippen LogP contribution in [0, 0.1) is 0 Å². The van der Waals surface area contributed by atoms with E-state index in [-0.39, 0.29) is 0 Å². The maximum atomic E-state index is 11.5. The number of imidazole rings is 1. The molecule has 1 aromatic carbocycles. The molecule has 0 aliphatic rings. The van der Waals surface area contributed by atoms with Crippen molar-refractivity contribution in [1.82, 2.24) is 9.55 Å². The van der Waals surface area contributed by atoms with Crippen molar-refractivity contribution in [1.29, 1.82) is 0 Å². The fourth-order valence-electron chi connectivity index (χ4n) is 1.83. The quantitative estimate of drug-likeness (QED) is 0.776. The number of halogens is 2. The molecule has 0 saturated heterocycles. The Balaban J connectivity index is 2.39. The summed E-state index contributed by atoms with van der Waals surface area (Å²) in [5.41, 5.74) is 1.96. The number of nitrogens with zero attached hydrogens (tertiary/aromatic N) is 2. The van der Waals surface area contributed by atoms with Crippen LogP contribution in [-0.2, 0) is 23.2 Å². The van der Waals surface area contributed by atoms with Crippen LogP contribution < -0.4 is 0 Å². The number of hydrogen-bond acceptors (Lipinski definition) is 2. The van der Waals surface area contributed by atoms with E-state index in [1.165, 1.54) is 0 Å². The molecule has 0 spiro atoms. The maximum absolute atomic E-state index is 11.5. The number of alkyl halides is 1. The number of fused-ring (bicyclic) bond motifs is 1. The minimum absolute atomic E-state index is 0.366. The first-order valence-corrected chi connectivity index (χ1v) is 8.53. The van der Waals surface area contributed by atoms with Crippen LogP contribution in [0.1, 0.15) is 12.7 Å². The summed E-state index contributed by atoms with van der Waals surface area (Å²) in [4.78, 5) is 4.49. The Bertz CT molecular complexity index is 585. The zero-order valence-corrected chi connectivity index (χ0v) is 13.2. The number of rotatable bonds is 5. The molecule has 98 valence electrons. The van der Waals surface area contributed by atoms with Crippen molar-refractivity contribution < 1.29 is 4.21 Å². The molecule has 1 aromatic heterocycles. The van der Waals surface area contributed by atoms with Crippen molar-refractivity contribution in [3.63, 3.8) is 0 Å². The van der Waals surface area contributed by atoms with Gasteiger partial charge in [0.2, 0.25) is 0 Å². The largest absolute Gasteiger partial charge is 0.326 e. The molecule has 1 unspecified atom stereocenters. The first-order valence-electron chi connectivity index (χ1n) is 5.71. The van der Waals surface area contributed by atoms with Crippen LogP contribution in [-0.4, -0.2) is 25.3 Å².